The zero-order valence-electron chi connectivity index (χ0n) is 10.6. The smallest absolute Gasteiger partial charge is 0.281 e. The molecule has 0 saturated carbocycles. The highest BCUT2D eigenvalue weighted by atomic mass is 32.2. The normalized spacial score (nSPS) is 22.3. The van der Waals surface area contributed by atoms with Gasteiger partial charge in [0.05, 0.1) is 12.7 Å². The maximum Gasteiger partial charge on any atom is 0.281 e. The van der Waals surface area contributed by atoms with Gasteiger partial charge in [-0.2, -0.15) is 17.0 Å². The van der Waals surface area contributed by atoms with Gasteiger partial charge in [0.15, 0.2) is 0 Å². The van der Waals surface area contributed by atoms with Crippen molar-refractivity contribution in [2.75, 3.05) is 33.8 Å². The summed E-state index contributed by atoms with van der Waals surface area (Å²) in [7, 11) is -0.266. The molecule has 0 aliphatic carbocycles. The van der Waals surface area contributed by atoms with E-state index in [9.17, 15) is 8.42 Å². The molecule has 5 nitrogen and oxygen atoms in total. The van der Waals surface area contributed by atoms with Gasteiger partial charge < -0.3 is 4.74 Å². The molecule has 0 N–H and O–H groups in total. The molecule has 0 spiro atoms. The third-order valence-electron chi connectivity index (χ3n) is 2.99. The molecule has 1 aliphatic heterocycles. The van der Waals surface area contributed by atoms with Crippen molar-refractivity contribution in [3.05, 3.63) is 35.9 Å². The number of nitrogens with zero attached hydrogens (tertiary/aromatic N) is 2. The number of hydrogen-bond acceptors (Lipinski definition) is 3. The number of rotatable bonds is 3. The summed E-state index contributed by atoms with van der Waals surface area (Å²) in [6, 6.07) is 9.70. The van der Waals surface area contributed by atoms with E-state index in [2.05, 4.69) is 0 Å². The van der Waals surface area contributed by atoms with Gasteiger partial charge in [-0.3, -0.25) is 0 Å². The first-order chi connectivity index (χ1) is 8.51. The minimum Gasteiger partial charge on any atom is -0.371 e. The van der Waals surface area contributed by atoms with Crippen molar-refractivity contribution in [2.45, 2.75) is 6.10 Å². The molecule has 1 saturated heterocycles. The molecule has 1 unspecified atom stereocenters. The first-order valence-electron chi connectivity index (χ1n) is 5.86. The maximum atomic E-state index is 12.1. The molecule has 2 rings (SSSR count). The zero-order chi connectivity index (χ0) is 13.2. The Kier molecular flexibility index (Phi) is 4.01. The van der Waals surface area contributed by atoms with Crippen LogP contribution < -0.4 is 0 Å². The predicted molar refractivity (Wildman–Crippen MR) is 69.3 cm³/mol. The molecule has 18 heavy (non-hydrogen) atoms. The third kappa shape index (κ3) is 2.72. The second kappa shape index (κ2) is 5.36. The van der Waals surface area contributed by atoms with Gasteiger partial charge in [0.2, 0.25) is 0 Å². The Morgan fingerprint density at radius 2 is 1.94 bits per heavy atom. The Morgan fingerprint density at radius 1 is 1.28 bits per heavy atom. The average molecular weight is 270 g/mol. The minimum atomic E-state index is -3.35. The highest BCUT2D eigenvalue weighted by Gasteiger charge is 2.31. The molecule has 1 atom stereocenters. The molecule has 1 aromatic carbocycles. The van der Waals surface area contributed by atoms with Crippen LogP contribution in [0.2, 0.25) is 0 Å². The van der Waals surface area contributed by atoms with E-state index in [1.54, 1.807) is 14.1 Å². The van der Waals surface area contributed by atoms with Gasteiger partial charge in [0.25, 0.3) is 10.2 Å². The van der Waals surface area contributed by atoms with E-state index in [0.717, 1.165) is 5.56 Å². The van der Waals surface area contributed by atoms with Gasteiger partial charge in [0, 0.05) is 27.2 Å². The largest absolute Gasteiger partial charge is 0.371 e. The Morgan fingerprint density at radius 3 is 2.56 bits per heavy atom. The number of hydrogen-bond donors (Lipinski definition) is 0. The monoisotopic (exact) mass is 270 g/mol. The fourth-order valence-corrected chi connectivity index (χ4v) is 3.03. The highest BCUT2D eigenvalue weighted by molar-refractivity contribution is 7.86. The quantitative estimate of drug-likeness (QED) is 0.819. The van der Waals surface area contributed by atoms with E-state index < -0.39 is 10.2 Å². The zero-order valence-corrected chi connectivity index (χ0v) is 11.4. The summed E-state index contributed by atoms with van der Waals surface area (Å²) in [6.07, 6.45) is -0.185. The fraction of sp³-hybridized carbons (Fsp3) is 0.500. The first kappa shape index (κ1) is 13.5. The van der Waals surface area contributed by atoms with Crippen molar-refractivity contribution < 1.29 is 13.2 Å². The Bertz CT molecular complexity index is 487. The molecular formula is C12H18N2O3S. The van der Waals surface area contributed by atoms with Crippen molar-refractivity contribution >= 4 is 10.2 Å². The van der Waals surface area contributed by atoms with Gasteiger partial charge in [-0.05, 0) is 5.56 Å². The average Bonchev–Trinajstić information content (AvgIpc) is 2.40. The number of morpholine rings is 1. The van der Waals surface area contributed by atoms with Crippen molar-refractivity contribution in [3.8, 4) is 0 Å². The second-order valence-corrected chi connectivity index (χ2v) is 6.56. The summed E-state index contributed by atoms with van der Waals surface area (Å²) < 4.78 is 32.5. The van der Waals surface area contributed by atoms with Gasteiger partial charge in [-0.1, -0.05) is 30.3 Å². The Labute approximate surface area is 108 Å². The molecule has 0 radical (unpaired) electrons. The van der Waals surface area contributed by atoms with Crippen LogP contribution in [-0.2, 0) is 14.9 Å². The van der Waals surface area contributed by atoms with Crippen LogP contribution in [0.4, 0.5) is 0 Å². The van der Waals surface area contributed by atoms with Crippen LogP contribution in [0.25, 0.3) is 0 Å². The van der Waals surface area contributed by atoms with Crippen LogP contribution in [0.1, 0.15) is 11.7 Å². The summed E-state index contributed by atoms with van der Waals surface area (Å²) in [5.41, 5.74) is 1.01. The minimum absolute atomic E-state index is 0.185. The lowest BCUT2D eigenvalue weighted by Crippen LogP contribution is -2.47. The fourth-order valence-electron chi connectivity index (χ4n) is 1.94. The molecule has 0 amide bonds. The lowest BCUT2D eigenvalue weighted by atomic mass is 10.1. The topological polar surface area (TPSA) is 49.9 Å². The summed E-state index contributed by atoms with van der Waals surface area (Å²) in [4.78, 5) is 0. The molecule has 1 aromatic rings. The maximum absolute atomic E-state index is 12.1. The summed E-state index contributed by atoms with van der Waals surface area (Å²) in [6.45, 7) is 1.20. The Balaban J connectivity index is 2.15. The molecular weight excluding hydrogens is 252 g/mol. The van der Waals surface area contributed by atoms with Crippen LogP contribution in [-0.4, -0.2) is 50.8 Å². The number of benzene rings is 1. The van der Waals surface area contributed by atoms with Crippen molar-refractivity contribution in [1.29, 1.82) is 0 Å². The second-order valence-electron chi connectivity index (χ2n) is 4.42. The lowest BCUT2D eigenvalue weighted by molar-refractivity contribution is -0.00386. The van der Waals surface area contributed by atoms with E-state index in [-0.39, 0.29) is 6.10 Å². The molecule has 0 bridgehead atoms. The Hall–Kier alpha value is -0.950. The highest BCUT2D eigenvalue weighted by Crippen LogP contribution is 2.23. The molecule has 1 aliphatic rings. The predicted octanol–water partition coefficient (Wildman–Crippen LogP) is 0.866. The van der Waals surface area contributed by atoms with E-state index in [1.165, 1.54) is 8.61 Å². The van der Waals surface area contributed by atoms with Crippen LogP contribution in [0, 0.1) is 0 Å². The van der Waals surface area contributed by atoms with Gasteiger partial charge in [-0.25, -0.2) is 0 Å². The van der Waals surface area contributed by atoms with Gasteiger partial charge >= 0.3 is 0 Å². The molecule has 0 aromatic heterocycles. The van der Waals surface area contributed by atoms with Crippen LogP contribution in [0.3, 0.4) is 0 Å². The molecule has 1 heterocycles. The number of ether oxygens (including phenoxy) is 1. The van der Waals surface area contributed by atoms with E-state index in [1.807, 2.05) is 30.3 Å². The molecule has 100 valence electrons. The molecule has 1 fully saturated rings. The molecule has 6 heteroatoms. The van der Waals surface area contributed by atoms with E-state index in [4.69, 9.17) is 4.74 Å². The van der Waals surface area contributed by atoms with Crippen molar-refractivity contribution in [2.24, 2.45) is 0 Å². The van der Waals surface area contributed by atoms with Crippen molar-refractivity contribution in [1.82, 2.24) is 8.61 Å². The SMILES string of the molecule is CN(C)S(=O)(=O)N1CCOC(c2ccccc2)C1. The lowest BCUT2D eigenvalue weighted by Gasteiger charge is -2.33. The van der Waals surface area contributed by atoms with Gasteiger partial charge in [-0.15, -0.1) is 0 Å². The standard InChI is InChI=1S/C12H18N2O3S/c1-13(2)18(15,16)14-8-9-17-12(10-14)11-6-4-3-5-7-11/h3-7,12H,8-10H2,1-2H3. The van der Waals surface area contributed by atoms with Crippen LogP contribution in [0.5, 0.6) is 0 Å². The first-order valence-corrected chi connectivity index (χ1v) is 7.25. The summed E-state index contributed by atoms with van der Waals surface area (Å²) in [5.74, 6) is 0. The summed E-state index contributed by atoms with van der Waals surface area (Å²) in [5, 5.41) is 0. The van der Waals surface area contributed by atoms with E-state index in [0.29, 0.717) is 19.7 Å². The van der Waals surface area contributed by atoms with Crippen LogP contribution >= 0.6 is 0 Å². The van der Waals surface area contributed by atoms with Crippen molar-refractivity contribution in [3.63, 3.8) is 0 Å². The van der Waals surface area contributed by atoms with E-state index >= 15 is 0 Å². The van der Waals surface area contributed by atoms with Gasteiger partial charge in [0.1, 0.15) is 0 Å². The van der Waals surface area contributed by atoms with Crippen LogP contribution in [0.15, 0.2) is 30.3 Å². The summed E-state index contributed by atoms with van der Waals surface area (Å²) >= 11 is 0. The third-order valence-corrected chi connectivity index (χ3v) is 4.90.